The molecule has 1 N–H and O–H groups in total. The molecule has 1 unspecified atom stereocenters. The molecule has 1 atom stereocenters. The van der Waals surface area contributed by atoms with Gasteiger partial charge in [0.1, 0.15) is 5.82 Å². The molecule has 0 spiro atoms. The zero-order valence-corrected chi connectivity index (χ0v) is 22.6. The Bertz CT molecular complexity index is 1210. The summed E-state index contributed by atoms with van der Waals surface area (Å²) in [5.74, 6) is 1.63. The van der Waals surface area contributed by atoms with Gasteiger partial charge in [0.15, 0.2) is 0 Å². The third kappa shape index (κ3) is 5.34. The highest BCUT2D eigenvalue weighted by Crippen LogP contribution is 2.32. The maximum Gasteiger partial charge on any atom is 0.243 e. The van der Waals surface area contributed by atoms with Crippen LogP contribution in [0.4, 0.5) is 0 Å². The van der Waals surface area contributed by atoms with E-state index in [0.717, 1.165) is 62.3 Å². The third-order valence-electron chi connectivity index (χ3n) is 8.00. The van der Waals surface area contributed by atoms with Crippen LogP contribution in [0.15, 0.2) is 23.1 Å². The van der Waals surface area contributed by atoms with Gasteiger partial charge in [0.05, 0.1) is 15.9 Å². The Morgan fingerprint density at radius 3 is 2.53 bits per heavy atom. The van der Waals surface area contributed by atoms with Gasteiger partial charge in [-0.25, -0.2) is 13.4 Å². The molecule has 198 valence electrons. The molecule has 3 fully saturated rings. The number of sulfonamides is 1. The summed E-state index contributed by atoms with van der Waals surface area (Å²) in [5, 5.41) is 3.07. The van der Waals surface area contributed by atoms with Crippen molar-refractivity contribution in [2.24, 2.45) is 11.8 Å². The molecule has 8 nitrogen and oxygen atoms in total. The normalized spacial score (nSPS) is 22.7. The van der Waals surface area contributed by atoms with Crippen molar-refractivity contribution in [3.63, 3.8) is 0 Å². The van der Waals surface area contributed by atoms with Crippen molar-refractivity contribution in [2.75, 3.05) is 26.3 Å². The van der Waals surface area contributed by atoms with Gasteiger partial charge in [-0.2, -0.15) is 4.31 Å². The number of carbonyl (C=O) groups is 1. The van der Waals surface area contributed by atoms with E-state index in [1.807, 2.05) is 6.07 Å². The quantitative estimate of drug-likeness (QED) is 0.604. The van der Waals surface area contributed by atoms with Crippen LogP contribution in [-0.2, 0) is 31.5 Å². The minimum absolute atomic E-state index is 0.0511. The standard InChI is InChI=1S/C27H40N4O4S/c1-27(2,3)26-29-23-16-22(7-8-24(23)31(26)18-19-10-13-35-14-11-19)36(33,34)30-12-9-20(17-30)15-25(32)28-21-5-4-6-21/h7-8,16,19-21H,4-6,9-15,17-18H2,1-3H3,(H,28,32). The lowest BCUT2D eigenvalue weighted by molar-refractivity contribution is -0.123. The molecule has 2 aromatic rings. The number of fused-ring (bicyclic) bond motifs is 1. The average molecular weight is 517 g/mol. The number of nitrogens with one attached hydrogen (secondary N) is 1. The molecule has 1 amide bonds. The molecule has 1 aromatic carbocycles. The number of rotatable bonds is 7. The minimum atomic E-state index is -3.65. The predicted molar refractivity (Wildman–Crippen MR) is 139 cm³/mol. The van der Waals surface area contributed by atoms with Crippen LogP contribution >= 0.6 is 0 Å². The second-order valence-corrected chi connectivity index (χ2v) is 13.9. The van der Waals surface area contributed by atoms with Gasteiger partial charge >= 0.3 is 0 Å². The lowest BCUT2D eigenvalue weighted by Gasteiger charge is -2.27. The molecular formula is C27H40N4O4S. The van der Waals surface area contributed by atoms with Gasteiger partial charge in [-0.05, 0) is 68.6 Å². The summed E-state index contributed by atoms with van der Waals surface area (Å²) in [6.45, 7) is 9.76. The smallest absolute Gasteiger partial charge is 0.243 e. The number of nitrogens with zero attached hydrogens (tertiary/aromatic N) is 3. The molecule has 1 aliphatic carbocycles. The first-order valence-electron chi connectivity index (χ1n) is 13.5. The topological polar surface area (TPSA) is 93.5 Å². The van der Waals surface area contributed by atoms with E-state index >= 15 is 0 Å². The summed E-state index contributed by atoms with van der Waals surface area (Å²) in [5.41, 5.74) is 1.55. The van der Waals surface area contributed by atoms with Crippen molar-refractivity contribution in [1.29, 1.82) is 0 Å². The third-order valence-corrected chi connectivity index (χ3v) is 9.86. The van der Waals surface area contributed by atoms with Crippen LogP contribution in [0.3, 0.4) is 0 Å². The fourth-order valence-electron chi connectivity index (χ4n) is 5.65. The van der Waals surface area contributed by atoms with Gasteiger partial charge < -0.3 is 14.6 Å². The summed E-state index contributed by atoms with van der Waals surface area (Å²) in [4.78, 5) is 17.6. The van der Waals surface area contributed by atoms with Crippen LogP contribution in [-0.4, -0.2) is 60.5 Å². The van der Waals surface area contributed by atoms with Crippen molar-refractivity contribution < 1.29 is 17.9 Å². The van der Waals surface area contributed by atoms with Crippen molar-refractivity contribution in [1.82, 2.24) is 19.2 Å². The molecule has 3 heterocycles. The molecule has 36 heavy (non-hydrogen) atoms. The van der Waals surface area contributed by atoms with Crippen molar-refractivity contribution >= 4 is 27.0 Å². The molecule has 3 aliphatic rings. The molecule has 0 radical (unpaired) electrons. The number of amides is 1. The van der Waals surface area contributed by atoms with Crippen molar-refractivity contribution in [3.05, 3.63) is 24.0 Å². The van der Waals surface area contributed by atoms with Gasteiger partial charge in [0.2, 0.25) is 15.9 Å². The Morgan fingerprint density at radius 1 is 1.11 bits per heavy atom. The van der Waals surface area contributed by atoms with Crippen LogP contribution in [0, 0.1) is 11.8 Å². The fourth-order valence-corrected chi connectivity index (χ4v) is 7.20. The number of benzene rings is 1. The van der Waals surface area contributed by atoms with E-state index in [9.17, 15) is 13.2 Å². The second-order valence-electron chi connectivity index (χ2n) is 11.9. The van der Waals surface area contributed by atoms with Gasteiger partial charge in [-0.15, -0.1) is 0 Å². The molecule has 0 bridgehead atoms. The highest BCUT2D eigenvalue weighted by molar-refractivity contribution is 7.89. The number of imidazole rings is 1. The first-order valence-corrected chi connectivity index (χ1v) is 14.9. The SMILES string of the molecule is CC(C)(C)c1nc2cc(S(=O)(=O)N3CCC(CC(=O)NC4CCC4)C3)ccc2n1CC1CCOCC1. The lowest BCUT2D eigenvalue weighted by atomic mass is 9.92. The Labute approximate surface area is 214 Å². The van der Waals surface area contributed by atoms with E-state index in [1.165, 1.54) is 6.42 Å². The molecule has 1 aromatic heterocycles. The largest absolute Gasteiger partial charge is 0.381 e. The van der Waals surface area contributed by atoms with Gasteiger partial charge in [-0.3, -0.25) is 4.79 Å². The predicted octanol–water partition coefficient (Wildman–Crippen LogP) is 3.83. The zero-order valence-electron chi connectivity index (χ0n) is 21.8. The van der Waals surface area contributed by atoms with E-state index < -0.39 is 10.0 Å². The molecule has 2 aliphatic heterocycles. The Morgan fingerprint density at radius 2 is 1.86 bits per heavy atom. The van der Waals surface area contributed by atoms with Crippen LogP contribution < -0.4 is 5.32 Å². The lowest BCUT2D eigenvalue weighted by Crippen LogP contribution is -2.40. The molecule has 5 rings (SSSR count). The number of carbonyl (C=O) groups excluding carboxylic acids is 1. The number of hydrogen-bond donors (Lipinski definition) is 1. The van der Waals surface area contributed by atoms with Crippen LogP contribution in [0.5, 0.6) is 0 Å². The Hall–Kier alpha value is -1.97. The van der Waals surface area contributed by atoms with E-state index in [1.54, 1.807) is 16.4 Å². The summed E-state index contributed by atoms with van der Waals surface area (Å²) in [6, 6.07) is 5.69. The number of aromatic nitrogens is 2. The minimum Gasteiger partial charge on any atom is -0.381 e. The molecule has 9 heteroatoms. The second kappa shape index (κ2) is 10.1. The Balaban J connectivity index is 1.34. The van der Waals surface area contributed by atoms with E-state index in [4.69, 9.17) is 9.72 Å². The van der Waals surface area contributed by atoms with Gasteiger partial charge in [0.25, 0.3) is 0 Å². The van der Waals surface area contributed by atoms with E-state index in [2.05, 4.69) is 30.7 Å². The Kier molecular flexibility index (Phi) is 7.18. The highest BCUT2D eigenvalue weighted by Gasteiger charge is 2.35. The monoisotopic (exact) mass is 516 g/mol. The fraction of sp³-hybridized carbons (Fsp3) is 0.704. The number of hydrogen-bond acceptors (Lipinski definition) is 5. The first kappa shape index (κ1) is 25.7. The molecule has 2 saturated heterocycles. The summed E-state index contributed by atoms with van der Waals surface area (Å²) >= 11 is 0. The van der Waals surface area contributed by atoms with Gasteiger partial charge in [-0.1, -0.05) is 20.8 Å². The first-order chi connectivity index (χ1) is 17.1. The van der Waals surface area contributed by atoms with Crippen molar-refractivity contribution in [3.8, 4) is 0 Å². The van der Waals surface area contributed by atoms with Crippen LogP contribution in [0.2, 0.25) is 0 Å². The summed E-state index contributed by atoms with van der Waals surface area (Å²) < 4.78 is 36.4. The van der Waals surface area contributed by atoms with Crippen LogP contribution in [0.25, 0.3) is 11.0 Å². The molecular weight excluding hydrogens is 476 g/mol. The number of ether oxygens (including phenoxy) is 1. The zero-order chi connectivity index (χ0) is 25.5. The maximum atomic E-state index is 13.5. The highest BCUT2D eigenvalue weighted by atomic mass is 32.2. The average Bonchev–Trinajstić information content (AvgIpc) is 3.42. The summed E-state index contributed by atoms with van der Waals surface area (Å²) in [6.07, 6.45) is 6.47. The summed E-state index contributed by atoms with van der Waals surface area (Å²) in [7, 11) is -3.65. The van der Waals surface area contributed by atoms with E-state index in [0.29, 0.717) is 37.9 Å². The van der Waals surface area contributed by atoms with Gasteiger partial charge in [0, 0.05) is 50.7 Å². The van der Waals surface area contributed by atoms with Crippen LogP contribution in [0.1, 0.15) is 71.5 Å². The molecule has 1 saturated carbocycles. The van der Waals surface area contributed by atoms with E-state index in [-0.39, 0.29) is 22.1 Å². The maximum absolute atomic E-state index is 13.5. The van der Waals surface area contributed by atoms with Crippen molar-refractivity contribution in [2.45, 2.75) is 88.6 Å².